The number of amides is 1. The van der Waals surface area contributed by atoms with Gasteiger partial charge < -0.3 is 9.64 Å². The van der Waals surface area contributed by atoms with Gasteiger partial charge in [-0.3, -0.25) is 4.79 Å². The Morgan fingerprint density at radius 3 is 2.63 bits per heavy atom. The summed E-state index contributed by atoms with van der Waals surface area (Å²) in [6, 6.07) is 4.58. The van der Waals surface area contributed by atoms with Crippen molar-refractivity contribution in [2.75, 3.05) is 20.2 Å². The minimum Gasteiger partial charge on any atom is -0.494 e. The van der Waals surface area contributed by atoms with Gasteiger partial charge in [-0.05, 0) is 31.5 Å². The van der Waals surface area contributed by atoms with Crippen LogP contribution in [0.25, 0.3) is 0 Å². The first-order valence-electron chi connectivity index (χ1n) is 6.22. The van der Waals surface area contributed by atoms with Crippen molar-refractivity contribution in [1.82, 2.24) is 4.90 Å². The van der Waals surface area contributed by atoms with E-state index < -0.39 is 5.82 Å². The zero-order valence-corrected chi connectivity index (χ0v) is 11.7. The van der Waals surface area contributed by atoms with E-state index in [2.05, 4.69) is 6.58 Å². The van der Waals surface area contributed by atoms with Gasteiger partial charge in [0.05, 0.1) is 13.5 Å². The first-order chi connectivity index (χ1) is 8.97. The van der Waals surface area contributed by atoms with E-state index >= 15 is 0 Å². The molecule has 0 aliphatic heterocycles. The third-order valence-electron chi connectivity index (χ3n) is 2.77. The van der Waals surface area contributed by atoms with Gasteiger partial charge in [0, 0.05) is 13.1 Å². The van der Waals surface area contributed by atoms with Crippen molar-refractivity contribution in [2.45, 2.75) is 20.3 Å². The number of likely N-dealkylation sites (N-methyl/N-ethyl adjacent to an activating group) is 1. The molecule has 4 heteroatoms. The predicted octanol–water partition coefficient (Wildman–Crippen LogP) is 2.80. The molecule has 0 radical (unpaired) electrons. The fraction of sp³-hybridized carbons (Fsp3) is 0.400. The third-order valence-corrected chi connectivity index (χ3v) is 2.77. The normalized spacial score (nSPS) is 10.1. The van der Waals surface area contributed by atoms with Crippen molar-refractivity contribution in [3.8, 4) is 5.75 Å². The molecule has 0 saturated carbocycles. The molecule has 0 bridgehead atoms. The van der Waals surface area contributed by atoms with E-state index in [4.69, 9.17) is 4.74 Å². The topological polar surface area (TPSA) is 29.5 Å². The van der Waals surface area contributed by atoms with E-state index in [0.29, 0.717) is 18.7 Å². The van der Waals surface area contributed by atoms with Gasteiger partial charge in [-0.25, -0.2) is 4.39 Å². The van der Waals surface area contributed by atoms with Crippen LogP contribution in [0.1, 0.15) is 19.4 Å². The van der Waals surface area contributed by atoms with E-state index in [1.165, 1.54) is 19.2 Å². The number of hydrogen-bond donors (Lipinski definition) is 0. The molecule has 0 fully saturated rings. The van der Waals surface area contributed by atoms with Crippen molar-refractivity contribution in [3.63, 3.8) is 0 Å². The lowest BCUT2D eigenvalue weighted by molar-refractivity contribution is -0.129. The number of ether oxygens (including phenoxy) is 1. The highest BCUT2D eigenvalue weighted by atomic mass is 19.1. The van der Waals surface area contributed by atoms with Crippen molar-refractivity contribution in [2.24, 2.45) is 0 Å². The van der Waals surface area contributed by atoms with Crippen molar-refractivity contribution in [1.29, 1.82) is 0 Å². The molecule has 0 unspecified atom stereocenters. The number of carbonyl (C=O) groups excluding carboxylic acids is 1. The first kappa shape index (κ1) is 15.2. The molecule has 0 aliphatic rings. The molecule has 19 heavy (non-hydrogen) atoms. The molecular weight excluding hydrogens is 245 g/mol. The van der Waals surface area contributed by atoms with Crippen LogP contribution in [-0.2, 0) is 11.2 Å². The average molecular weight is 265 g/mol. The molecule has 0 atom stereocenters. The van der Waals surface area contributed by atoms with Crippen LogP contribution in [0.3, 0.4) is 0 Å². The summed E-state index contributed by atoms with van der Waals surface area (Å²) < 4.78 is 18.4. The maximum atomic E-state index is 13.5. The predicted molar refractivity (Wildman–Crippen MR) is 73.7 cm³/mol. The smallest absolute Gasteiger partial charge is 0.227 e. The fourth-order valence-corrected chi connectivity index (χ4v) is 1.81. The lowest BCUT2D eigenvalue weighted by Crippen LogP contribution is -2.33. The summed E-state index contributed by atoms with van der Waals surface area (Å²) in [5.41, 5.74) is 1.57. The molecule has 0 spiro atoms. The number of hydrogen-bond acceptors (Lipinski definition) is 2. The highest BCUT2D eigenvalue weighted by molar-refractivity contribution is 5.79. The lowest BCUT2D eigenvalue weighted by atomic mass is 10.1. The summed E-state index contributed by atoms with van der Waals surface area (Å²) in [5.74, 6) is -0.295. The Bertz CT molecular complexity index is 471. The molecule has 1 amide bonds. The number of methoxy groups -OCH3 is 1. The molecule has 104 valence electrons. The van der Waals surface area contributed by atoms with Crippen LogP contribution < -0.4 is 4.74 Å². The van der Waals surface area contributed by atoms with Gasteiger partial charge in [0.2, 0.25) is 5.91 Å². The largest absolute Gasteiger partial charge is 0.494 e. The molecule has 1 aromatic carbocycles. The van der Waals surface area contributed by atoms with Crippen molar-refractivity contribution < 1.29 is 13.9 Å². The van der Waals surface area contributed by atoms with E-state index in [9.17, 15) is 9.18 Å². The molecule has 1 rings (SSSR count). The summed E-state index contributed by atoms with van der Waals surface area (Å²) in [5, 5.41) is 0. The Hall–Kier alpha value is -1.84. The van der Waals surface area contributed by atoms with E-state index in [0.717, 1.165) is 5.57 Å². The monoisotopic (exact) mass is 265 g/mol. The second-order valence-electron chi connectivity index (χ2n) is 4.51. The van der Waals surface area contributed by atoms with Gasteiger partial charge in [0.15, 0.2) is 11.6 Å². The summed E-state index contributed by atoms with van der Waals surface area (Å²) >= 11 is 0. The standard InChI is InChI=1S/C15H20FNO2/c1-5-17(10-11(2)3)15(18)9-12-6-7-14(19-4)13(16)8-12/h6-8H,2,5,9-10H2,1,3-4H3. The highest BCUT2D eigenvalue weighted by Gasteiger charge is 2.13. The van der Waals surface area contributed by atoms with Gasteiger partial charge in [-0.1, -0.05) is 18.2 Å². The van der Waals surface area contributed by atoms with E-state index in [-0.39, 0.29) is 18.1 Å². The number of carbonyl (C=O) groups is 1. The summed E-state index contributed by atoms with van der Waals surface area (Å²) in [6.07, 6.45) is 0.183. The Balaban J connectivity index is 2.75. The molecule has 0 saturated heterocycles. The summed E-state index contributed by atoms with van der Waals surface area (Å²) in [6.45, 7) is 8.74. The minimum absolute atomic E-state index is 0.0323. The van der Waals surface area contributed by atoms with Crippen LogP contribution in [0.4, 0.5) is 4.39 Å². The Kier molecular flexibility index (Phi) is 5.55. The maximum Gasteiger partial charge on any atom is 0.227 e. The third kappa shape index (κ3) is 4.39. The molecular formula is C15H20FNO2. The number of nitrogens with zero attached hydrogens (tertiary/aromatic N) is 1. The molecule has 0 aliphatic carbocycles. The minimum atomic E-state index is -0.448. The Labute approximate surface area is 113 Å². The van der Waals surface area contributed by atoms with Crippen LogP contribution in [-0.4, -0.2) is 31.0 Å². The van der Waals surface area contributed by atoms with Crippen molar-refractivity contribution >= 4 is 5.91 Å². The molecule has 1 aromatic rings. The van der Waals surface area contributed by atoms with Gasteiger partial charge in [-0.15, -0.1) is 0 Å². The zero-order valence-electron chi connectivity index (χ0n) is 11.7. The SMILES string of the molecule is C=C(C)CN(CC)C(=O)Cc1ccc(OC)c(F)c1. The quantitative estimate of drug-likeness (QED) is 0.740. The van der Waals surface area contributed by atoms with E-state index in [1.807, 2.05) is 13.8 Å². The average Bonchev–Trinajstić information content (AvgIpc) is 2.35. The van der Waals surface area contributed by atoms with Crippen LogP contribution in [0, 0.1) is 5.82 Å². The summed E-state index contributed by atoms with van der Waals surface area (Å²) in [4.78, 5) is 13.8. The van der Waals surface area contributed by atoms with Gasteiger partial charge >= 0.3 is 0 Å². The second-order valence-corrected chi connectivity index (χ2v) is 4.51. The van der Waals surface area contributed by atoms with Gasteiger partial charge in [0.25, 0.3) is 0 Å². The second kappa shape index (κ2) is 6.92. The van der Waals surface area contributed by atoms with E-state index in [1.54, 1.807) is 11.0 Å². The number of benzene rings is 1. The zero-order chi connectivity index (χ0) is 14.4. The van der Waals surface area contributed by atoms with Crippen LogP contribution in [0.5, 0.6) is 5.75 Å². The van der Waals surface area contributed by atoms with Gasteiger partial charge in [-0.2, -0.15) is 0 Å². The summed E-state index contributed by atoms with van der Waals surface area (Å²) in [7, 11) is 1.41. The highest BCUT2D eigenvalue weighted by Crippen LogP contribution is 2.18. The molecule has 0 heterocycles. The number of halogens is 1. The molecule has 3 nitrogen and oxygen atoms in total. The fourth-order valence-electron chi connectivity index (χ4n) is 1.81. The Morgan fingerprint density at radius 1 is 1.47 bits per heavy atom. The first-order valence-corrected chi connectivity index (χ1v) is 6.22. The van der Waals surface area contributed by atoms with Crippen molar-refractivity contribution in [3.05, 3.63) is 41.7 Å². The lowest BCUT2D eigenvalue weighted by Gasteiger charge is -2.21. The maximum absolute atomic E-state index is 13.5. The number of rotatable bonds is 6. The van der Waals surface area contributed by atoms with Crippen LogP contribution in [0.15, 0.2) is 30.4 Å². The van der Waals surface area contributed by atoms with Gasteiger partial charge in [0.1, 0.15) is 0 Å². The molecule has 0 N–H and O–H groups in total. The Morgan fingerprint density at radius 2 is 2.16 bits per heavy atom. The molecule has 0 aromatic heterocycles. The van der Waals surface area contributed by atoms with Crippen LogP contribution in [0.2, 0.25) is 0 Å². The van der Waals surface area contributed by atoms with Crippen LogP contribution >= 0.6 is 0 Å².